The molecule has 2 rings (SSSR count). The number of rotatable bonds is 7. The van der Waals surface area contributed by atoms with Crippen molar-refractivity contribution in [1.29, 1.82) is 5.26 Å². The largest absolute Gasteiger partial charge is 0.524 e. The lowest BCUT2D eigenvalue weighted by atomic mass is 10.2. The van der Waals surface area contributed by atoms with E-state index in [4.69, 9.17) is 16.9 Å². The monoisotopic (exact) mass is 467 g/mol. The van der Waals surface area contributed by atoms with Crippen molar-refractivity contribution in [2.75, 3.05) is 10.0 Å². The Morgan fingerprint density at radius 3 is 2.67 bits per heavy atom. The number of hydrogen-bond acceptors (Lipinski definition) is 4. The maximum absolute atomic E-state index is 13.4. The van der Waals surface area contributed by atoms with Crippen LogP contribution in [0.25, 0.3) is 0 Å². The zero-order valence-electron chi connectivity index (χ0n) is 15.3. The number of nitrogens with one attached hydrogen (secondary N) is 3. The minimum Gasteiger partial charge on any atom is -0.343 e. The average Bonchev–Trinajstić information content (AvgIpc) is 2.88. The second-order valence-electron chi connectivity index (χ2n) is 5.77. The minimum absolute atomic E-state index is 0.00817. The van der Waals surface area contributed by atoms with Crippen LogP contribution in [-0.2, 0) is 23.0 Å². The van der Waals surface area contributed by atoms with E-state index in [9.17, 15) is 26.6 Å². The van der Waals surface area contributed by atoms with Crippen LogP contribution in [0.4, 0.5) is 28.9 Å². The maximum atomic E-state index is 13.4. The van der Waals surface area contributed by atoms with Gasteiger partial charge in [-0.3, -0.25) is 14.3 Å². The number of carbonyl (C=O) groups excluding carboxylic acids is 1. The van der Waals surface area contributed by atoms with Gasteiger partial charge in [0.15, 0.2) is 11.2 Å². The van der Waals surface area contributed by atoms with Gasteiger partial charge in [-0.15, -0.1) is 13.2 Å². The van der Waals surface area contributed by atoms with Crippen molar-refractivity contribution in [3.05, 3.63) is 46.5 Å². The van der Waals surface area contributed by atoms with Gasteiger partial charge in [-0.05, 0) is 25.1 Å². The SMILES string of the molecule is CC(NS(=O)Nc1cn(C)c(C(=O)Nc2ccc(F)c(C#N)c2)c1Cl)OC(F)(F)F. The Morgan fingerprint density at radius 1 is 1.40 bits per heavy atom. The number of alkyl halides is 3. The fourth-order valence-corrected chi connectivity index (χ4v) is 3.45. The van der Waals surface area contributed by atoms with Crippen LogP contribution in [0.5, 0.6) is 0 Å². The van der Waals surface area contributed by atoms with E-state index < -0.39 is 35.5 Å². The van der Waals surface area contributed by atoms with Crippen LogP contribution < -0.4 is 14.8 Å². The lowest BCUT2D eigenvalue weighted by Gasteiger charge is -2.16. The van der Waals surface area contributed by atoms with Gasteiger partial charge in [-0.1, -0.05) is 11.6 Å². The molecule has 2 aromatic rings. The number of nitriles is 1. The van der Waals surface area contributed by atoms with E-state index >= 15 is 0 Å². The predicted molar refractivity (Wildman–Crippen MR) is 101 cm³/mol. The molecule has 0 aliphatic carbocycles. The standard InChI is InChI=1S/C16H14ClF4N5O3S/c1-8(29-16(19,20)21)24-30(28)25-12-7-26(2)14(13(12)17)15(27)23-10-3-4-11(18)9(5-10)6-22/h3-5,7-8,24-25H,1-2H3,(H,23,27). The van der Waals surface area contributed by atoms with E-state index in [2.05, 4.69) is 14.8 Å². The first-order valence-corrected chi connectivity index (χ1v) is 9.49. The Morgan fingerprint density at radius 2 is 2.07 bits per heavy atom. The molecule has 0 saturated heterocycles. The van der Waals surface area contributed by atoms with Gasteiger partial charge in [0.1, 0.15) is 23.8 Å². The van der Waals surface area contributed by atoms with Gasteiger partial charge in [-0.25, -0.2) is 8.60 Å². The Labute approximate surface area is 175 Å². The molecule has 2 unspecified atom stereocenters. The summed E-state index contributed by atoms with van der Waals surface area (Å²) in [6.45, 7) is 0.997. The predicted octanol–water partition coefficient (Wildman–Crippen LogP) is 3.40. The van der Waals surface area contributed by atoms with Gasteiger partial charge in [0.25, 0.3) is 5.91 Å². The van der Waals surface area contributed by atoms with Crippen LogP contribution in [0, 0.1) is 17.1 Å². The molecule has 1 amide bonds. The minimum atomic E-state index is -4.92. The lowest BCUT2D eigenvalue weighted by Crippen LogP contribution is -2.37. The third-order valence-corrected chi connectivity index (χ3v) is 4.80. The molecule has 30 heavy (non-hydrogen) atoms. The van der Waals surface area contributed by atoms with Crippen LogP contribution >= 0.6 is 11.6 Å². The summed E-state index contributed by atoms with van der Waals surface area (Å²) in [7, 11) is 1.45. The molecule has 8 nitrogen and oxygen atoms in total. The number of halogens is 5. The summed E-state index contributed by atoms with van der Waals surface area (Å²) >= 11 is 3.90. The molecule has 0 aliphatic rings. The van der Waals surface area contributed by atoms with Gasteiger partial charge in [-0.2, -0.15) is 9.98 Å². The maximum Gasteiger partial charge on any atom is 0.524 e. The van der Waals surface area contributed by atoms with E-state index in [-0.39, 0.29) is 27.7 Å². The summed E-state index contributed by atoms with van der Waals surface area (Å²) < 4.78 is 71.1. The molecule has 14 heteroatoms. The number of ether oxygens (including phenoxy) is 1. The average molecular weight is 468 g/mol. The Kier molecular flexibility index (Phi) is 7.43. The van der Waals surface area contributed by atoms with Crippen molar-refractivity contribution in [2.24, 2.45) is 7.05 Å². The molecule has 0 radical (unpaired) electrons. The first-order valence-electron chi connectivity index (χ1n) is 7.96. The van der Waals surface area contributed by atoms with E-state index in [1.54, 1.807) is 6.07 Å². The number of carbonyl (C=O) groups is 1. The van der Waals surface area contributed by atoms with Crippen LogP contribution in [0.2, 0.25) is 5.02 Å². The summed E-state index contributed by atoms with van der Waals surface area (Å²) in [4.78, 5) is 12.5. The smallest absolute Gasteiger partial charge is 0.343 e. The summed E-state index contributed by atoms with van der Waals surface area (Å²) in [6, 6.07) is 5.01. The second kappa shape index (κ2) is 9.43. The fourth-order valence-electron chi connectivity index (χ4n) is 2.31. The Bertz CT molecular complexity index is 1020. The van der Waals surface area contributed by atoms with Crippen molar-refractivity contribution >= 4 is 40.1 Å². The number of hydrogen-bond donors (Lipinski definition) is 3. The van der Waals surface area contributed by atoms with E-state index in [1.165, 1.54) is 23.9 Å². The zero-order chi connectivity index (χ0) is 22.6. The van der Waals surface area contributed by atoms with E-state index in [0.717, 1.165) is 19.1 Å². The third kappa shape index (κ3) is 6.17. The van der Waals surface area contributed by atoms with Crippen LogP contribution in [0.15, 0.2) is 24.4 Å². The number of nitrogens with zero attached hydrogens (tertiary/aromatic N) is 2. The van der Waals surface area contributed by atoms with Crippen molar-refractivity contribution in [3.8, 4) is 6.07 Å². The molecule has 1 aromatic heterocycles. The van der Waals surface area contributed by atoms with Crippen molar-refractivity contribution < 1.29 is 31.3 Å². The molecule has 0 bridgehead atoms. The highest BCUT2D eigenvalue weighted by atomic mass is 35.5. The third-order valence-electron chi connectivity index (χ3n) is 3.47. The zero-order valence-corrected chi connectivity index (χ0v) is 16.9. The first kappa shape index (κ1) is 23.6. The molecule has 2 atom stereocenters. The molecular weight excluding hydrogens is 454 g/mol. The van der Waals surface area contributed by atoms with Gasteiger partial charge in [0, 0.05) is 18.9 Å². The van der Waals surface area contributed by atoms with Crippen LogP contribution in [0.3, 0.4) is 0 Å². The summed E-state index contributed by atoms with van der Waals surface area (Å²) in [5.74, 6) is -1.48. The molecule has 1 heterocycles. The van der Waals surface area contributed by atoms with E-state index in [0.29, 0.717) is 0 Å². The Hall–Kier alpha value is -2.66. The van der Waals surface area contributed by atoms with Gasteiger partial charge < -0.3 is 9.88 Å². The van der Waals surface area contributed by atoms with Gasteiger partial charge in [0.05, 0.1) is 16.3 Å². The highest BCUT2D eigenvalue weighted by molar-refractivity contribution is 7.84. The number of amides is 1. The second-order valence-corrected chi connectivity index (χ2v) is 7.13. The molecule has 1 aromatic carbocycles. The molecule has 0 spiro atoms. The van der Waals surface area contributed by atoms with Crippen molar-refractivity contribution in [3.63, 3.8) is 0 Å². The number of aromatic nitrogens is 1. The quantitative estimate of drug-likeness (QED) is 0.428. The molecule has 0 fully saturated rings. The van der Waals surface area contributed by atoms with Crippen molar-refractivity contribution in [1.82, 2.24) is 9.29 Å². The van der Waals surface area contributed by atoms with Crippen LogP contribution in [0.1, 0.15) is 23.0 Å². The molecule has 162 valence electrons. The Balaban J connectivity index is 2.12. The summed E-state index contributed by atoms with van der Waals surface area (Å²) in [5, 5.41) is 11.1. The number of benzene rings is 1. The first-order chi connectivity index (χ1) is 13.9. The fraction of sp³-hybridized carbons (Fsp3) is 0.250. The topological polar surface area (TPSA) is 108 Å². The van der Waals surface area contributed by atoms with Gasteiger partial charge in [0.2, 0.25) is 0 Å². The molecular formula is C16H14ClF4N5O3S. The number of anilines is 2. The molecule has 0 saturated carbocycles. The van der Waals surface area contributed by atoms with Crippen LogP contribution in [-0.4, -0.2) is 27.3 Å². The van der Waals surface area contributed by atoms with Crippen molar-refractivity contribution in [2.45, 2.75) is 19.5 Å². The molecule has 3 N–H and O–H groups in total. The number of aryl methyl sites for hydroxylation is 1. The summed E-state index contributed by atoms with van der Waals surface area (Å²) in [5.41, 5.74) is -0.234. The van der Waals surface area contributed by atoms with Gasteiger partial charge >= 0.3 is 6.36 Å². The van der Waals surface area contributed by atoms with E-state index in [1.807, 2.05) is 4.72 Å². The molecule has 0 aliphatic heterocycles. The highest BCUT2D eigenvalue weighted by Crippen LogP contribution is 2.29. The summed E-state index contributed by atoms with van der Waals surface area (Å²) in [6.07, 6.45) is -5.26. The lowest BCUT2D eigenvalue weighted by molar-refractivity contribution is -0.341. The normalized spacial score (nSPS) is 13.4. The highest BCUT2D eigenvalue weighted by Gasteiger charge is 2.32.